The summed E-state index contributed by atoms with van der Waals surface area (Å²) >= 11 is 0. The predicted molar refractivity (Wildman–Crippen MR) is 68.1 cm³/mol. The molecule has 0 N–H and O–H groups in total. The van der Waals surface area contributed by atoms with Crippen LogP contribution in [0.1, 0.15) is 16.8 Å². The monoisotopic (exact) mass is 238 g/mol. The molecule has 0 saturated heterocycles. The van der Waals surface area contributed by atoms with Gasteiger partial charge in [0, 0.05) is 18.2 Å². The number of imidazole rings is 1. The summed E-state index contributed by atoms with van der Waals surface area (Å²) in [6.07, 6.45) is 2.78. The molecule has 18 heavy (non-hydrogen) atoms. The van der Waals surface area contributed by atoms with Gasteiger partial charge in [-0.05, 0) is 42.3 Å². The van der Waals surface area contributed by atoms with Crippen LogP contribution in [-0.2, 0) is 6.42 Å². The molecule has 2 nitrogen and oxygen atoms in total. The maximum absolute atomic E-state index is 13.2. The van der Waals surface area contributed by atoms with E-state index in [1.54, 1.807) is 6.07 Å². The van der Waals surface area contributed by atoms with Crippen molar-refractivity contribution in [2.24, 2.45) is 0 Å². The second-order valence-electron chi connectivity index (χ2n) is 4.77. The number of nitrogens with zero attached hydrogens (tertiary/aromatic N) is 2. The highest BCUT2D eigenvalue weighted by molar-refractivity contribution is 5.76. The molecule has 0 saturated carbocycles. The Morgan fingerprint density at radius 3 is 3.06 bits per heavy atom. The summed E-state index contributed by atoms with van der Waals surface area (Å²) in [4.78, 5) is 4.70. The summed E-state index contributed by atoms with van der Waals surface area (Å²) in [5.41, 5.74) is 6.42. The van der Waals surface area contributed by atoms with E-state index in [0.717, 1.165) is 40.1 Å². The zero-order valence-electron chi connectivity index (χ0n) is 9.94. The van der Waals surface area contributed by atoms with Gasteiger partial charge < -0.3 is 4.40 Å². The van der Waals surface area contributed by atoms with Gasteiger partial charge >= 0.3 is 0 Å². The number of aryl methyl sites for hydroxylation is 1. The molecule has 0 unspecified atom stereocenters. The topological polar surface area (TPSA) is 17.3 Å². The molecule has 1 aliphatic rings. The zero-order chi connectivity index (χ0) is 12.3. The van der Waals surface area contributed by atoms with Gasteiger partial charge in [0.25, 0.3) is 0 Å². The van der Waals surface area contributed by atoms with Gasteiger partial charge in [-0.15, -0.1) is 0 Å². The maximum atomic E-state index is 13.2. The normalized spacial score (nSPS) is 12.8. The van der Waals surface area contributed by atoms with E-state index in [9.17, 15) is 4.39 Å². The lowest BCUT2D eigenvalue weighted by molar-refractivity contribution is 0.626. The van der Waals surface area contributed by atoms with Crippen LogP contribution in [0, 0.1) is 12.7 Å². The number of fused-ring (bicyclic) bond motifs is 5. The molecule has 1 aromatic carbocycles. The van der Waals surface area contributed by atoms with Crippen LogP contribution >= 0.6 is 0 Å². The molecule has 3 aromatic rings. The summed E-state index contributed by atoms with van der Waals surface area (Å²) in [5, 5.41) is 0. The van der Waals surface area contributed by atoms with Crippen LogP contribution in [0.15, 0.2) is 36.5 Å². The molecule has 0 amide bonds. The van der Waals surface area contributed by atoms with Crippen molar-refractivity contribution in [2.45, 2.75) is 13.3 Å². The van der Waals surface area contributed by atoms with Gasteiger partial charge in [0.1, 0.15) is 11.5 Å². The van der Waals surface area contributed by atoms with Gasteiger partial charge in [-0.2, -0.15) is 0 Å². The van der Waals surface area contributed by atoms with Crippen molar-refractivity contribution in [3.05, 3.63) is 59.2 Å². The first-order chi connectivity index (χ1) is 8.74. The molecule has 0 bridgehead atoms. The Bertz CT molecular complexity index is 787. The standard InChI is InChI=1S/C15H11FN2/c1-9-3-2-6-18-13-8-10-7-11(16)4-5-12(10)14(13)17-15(9)18/h2-7H,8H2,1H3. The van der Waals surface area contributed by atoms with Crippen LogP contribution in [0.25, 0.3) is 16.9 Å². The Hall–Kier alpha value is -2.16. The van der Waals surface area contributed by atoms with Gasteiger partial charge in [0.2, 0.25) is 0 Å². The molecule has 0 atom stereocenters. The van der Waals surface area contributed by atoms with Crippen molar-refractivity contribution in [1.82, 2.24) is 9.38 Å². The fraction of sp³-hybridized carbons (Fsp3) is 0.133. The van der Waals surface area contributed by atoms with E-state index in [-0.39, 0.29) is 5.82 Å². The van der Waals surface area contributed by atoms with Crippen molar-refractivity contribution >= 4 is 5.65 Å². The lowest BCUT2D eigenvalue weighted by Crippen LogP contribution is -1.93. The highest BCUT2D eigenvalue weighted by Crippen LogP contribution is 2.37. The number of rotatable bonds is 0. The Morgan fingerprint density at radius 2 is 2.17 bits per heavy atom. The van der Waals surface area contributed by atoms with Crippen molar-refractivity contribution in [2.75, 3.05) is 0 Å². The molecule has 0 fully saturated rings. The second kappa shape index (κ2) is 3.19. The summed E-state index contributed by atoms with van der Waals surface area (Å²) in [5.74, 6) is -0.176. The molecular formula is C15H11FN2. The second-order valence-corrected chi connectivity index (χ2v) is 4.77. The van der Waals surface area contributed by atoms with Gasteiger partial charge in [-0.3, -0.25) is 0 Å². The third-order valence-corrected chi connectivity index (χ3v) is 3.62. The van der Waals surface area contributed by atoms with E-state index in [1.165, 1.54) is 6.07 Å². The van der Waals surface area contributed by atoms with Gasteiger partial charge in [0.15, 0.2) is 0 Å². The molecule has 88 valence electrons. The quantitative estimate of drug-likeness (QED) is 0.459. The first-order valence-corrected chi connectivity index (χ1v) is 5.99. The minimum Gasteiger partial charge on any atom is -0.303 e. The SMILES string of the molecule is Cc1cccn2c3c(nc12)-c1ccc(F)cc1C3. The molecule has 0 spiro atoms. The maximum Gasteiger partial charge on any atom is 0.140 e. The van der Waals surface area contributed by atoms with Gasteiger partial charge in [-0.25, -0.2) is 9.37 Å². The van der Waals surface area contributed by atoms with E-state index in [2.05, 4.69) is 17.4 Å². The molecule has 3 heteroatoms. The number of hydrogen-bond acceptors (Lipinski definition) is 1. The van der Waals surface area contributed by atoms with E-state index < -0.39 is 0 Å². The summed E-state index contributed by atoms with van der Waals surface area (Å²) in [6, 6.07) is 9.03. The number of halogens is 1. The smallest absolute Gasteiger partial charge is 0.140 e. The minimum absolute atomic E-state index is 0.176. The van der Waals surface area contributed by atoms with Crippen LogP contribution in [0.2, 0.25) is 0 Å². The van der Waals surface area contributed by atoms with Crippen LogP contribution in [0.5, 0.6) is 0 Å². The number of aromatic nitrogens is 2. The zero-order valence-corrected chi connectivity index (χ0v) is 9.94. The van der Waals surface area contributed by atoms with Crippen LogP contribution in [0.4, 0.5) is 4.39 Å². The summed E-state index contributed by atoms with van der Waals surface area (Å²) in [6.45, 7) is 2.06. The first-order valence-electron chi connectivity index (χ1n) is 5.99. The fourth-order valence-corrected chi connectivity index (χ4v) is 2.76. The molecule has 2 heterocycles. The number of hydrogen-bond donors (Lipinski definition) is 0. The van der Waals surface area contributed by atoms with E-state index >= 15 is 0 Å². The Labute approximate surface area is 104 Å². The summed E-state index contributed by atoms with van der Waals surface area (Å²) < 4.78 is 15.4. The Balaban J connectivity index is 2.07. The average Bonchev–Trinajstić information content (AvgIpc) is 2.86. The number of pyridine rings is 1. The van der Waals surface area contributed by atoms with E-state index in [1.807, 2.05) is 18.3 Å². The van der Waals surface area contributed by atoms with Crippen LogP contribution in [0.3, 0.4) is 0 Å². The molecule has 1 aliphatic carbocycles. The predicted octanol–water partition coefficient (Wildman–Crippen LogP) is 3.35. The molecule has 4 rings (SSSR count). The van der Waals surface area contributed by atoms with Crippen molar-refractivity contribution in [3.8, 4) is 11.3 Å². The largest absolute Gasteiger partial charge is 0.303 e. The van der Waals surface area contributed by atoms with Crippen LogP contribution in [-0.4, -0.2) is 9.38 Å². The van der Waals surface area contributed by atoms with Crippen molar-refractivity contribution in [1.29, 1.82) is 0 Å². The Kier molecular flexibility index (Phi) is 1.74. The lowest BCUT2D eigenvalue weighted by Gasteiger charge is -2.01. The third kappa shape index (κ3) is 1.13. The van der Waals surface area contributed by atoms with E-state index in [4.69, 9.17) is 4.98 Å². The highest BCUT2D eigenvalue weighted by Gasteiger charge is 2.24. The van der Waals surface area contributed by atoms with Crippen molar-refractivity contribution in [3.63, 3.8) is 0 Å². The van der Waals surface area contributed by atoms with Crippen molar-refractivity contribution < 1.29 is 4.39 Å². The first kappa shape index (κ1) is 9.83. The minimum atomic E-state index is -0.176. The average molecular weight is 238 g/mol. The van der Waals surface area contributed by atoms with Crippen LogP contribution < -0.4 is 0 Å². The third-order valence-electron chi connectivity index (χ3n) is 3.62. The van der Waals surface area contributed by atoms with Gasteiger partial charge in [0.05, 0.1) is 11.4 Å². The fourth-order valence-electron chi connectivity index (χ4n) is 2.76. The van der Waals surface area contributed by atoms with Gasteiger partial charge in [-0.1, -0.05) is 6.07 Å². The molecule has 0 aliphatic heterocycles. The molecular weight excluding hydrogens is 227 g/mol. The van der Waals surface area contributed by atoms with E-state index in [0.29, 0.717) is 0 Å². The lowest BCUT2D eigenvalue weighted by atomic mass is 10.1. The molecule has 0 radical (unpaired) electrons. The molecule has 2 aromatic heterocycles. The number of benzene rings is 1. The Morgan fingerprint density at radius 1 is 1.28 bits per heavy atom. The highest BCUT2D eigenvalue weighted by atomic mass is 19.1. The summed E-state index contributed by atoms with van der Waals surface area (Å²) in [7, 11) is 0.